The zero-order valence-electron chi connectivity index (χ0n) is 14.2. The number of aryl methyl sites for hydroxylation is 1. The number of rotatable bonds is 6. The Morgan fingerprint density at radius 2 is 1.77 bits per heavy atom. The van der Waals surface area contributed by atoms with Gasteiger partial charge in [-0.05, 0) is 24.1 Å². The van der Waals surface area contributed by atoms with Gasteiger partial charge >= 0.3 is 0 Å². The largest absolute Gasteiger partial charge is 0.420 e. The first-order chi connectivity index (χ1) is 12.8. The van der Waals surface area contributed by atoms with Crippen LogP contribution in [0.15, 0.2) is 64.2 Å². The average molecular weight is 363 g/mol. The minimum Gasteiger partial charge on any atom is -0.420 e. The molecule has 26 heavy (non-hydrogen) atoms. The van der Waals surface area contributed by atoms with Crippen LogP contribution >= 0.6 is 11.8 Å². The first-order valence-corrected chi connectivity index (χ1v) is 9.32. The van der Waals surface area contributed by atoms with Gasteiger partial charge in [0.05, 0.1) is 5.75 Å². The minimum absolute atomic E-state index is 0.520. The summed E-state index contributed by atoms with van der Waals surface area (Å²) < 4.78 is 5.70. The van der Waals surface area contributed by atoms with Crippen molar-refractivity contribution in [3.63, 3.8) is 0 Å². The second-order valence-electron chi connectivity index (χ2n) is 5.67. The number of hydrogen-bond donors (Lipinski definition) is 1. The highest BCUT2D eigenvalue weighted by molar-refractivity contribution is 7.98. The summed E-state index contributed by atoms with van der Waals surface area (Å²) in [7, 11) is 0. The van der Waals surface area contributed by atoms with Gasteiger partial charge in [-0.1, -0.05) is 61.2 Å². The molecule has 6 nitrogen and oxygen atoms in total. The van der Waals surface area contributed by atoms with Crippen molar-refractivity contribution >= 4 is 11.8 Å². The molecular weight excluding hydrogens is 346 g/mol. The molecule has 0 saturated heterocycles. The Kier molecular flexibility index (Phi) is 4.79. The number of nitrogens with one attached hydrogen (secondary N) is 1. The molecule has 0 aliphatic carbocycles. The summed E-state index contributed by atoms with van der Waals surface area (Å²) in [4.78, 5) is 4.52. The van der Waals surface area contributed by atoms with Gasteiger partial charge in [-0.15, -0.1) is 15.3 Å². The number of hydrogen-bond acceptors (Lipinski definition) is 6. The van der Waals surface area contributed by atoms with Crippen molar-refractivity contribution in [1.29, 1.82) is 0 Å². The van der Waals surface area contributed by atoms with Crippen LogP contribution < -0.4 is 0 Å². The highest BCUT2D eigenvalue weighted by atomic mass is 32.2. The zero-order chi connectivity index (χ0) is 17.8. The Morgan fingerprint density at radius 3 is 2.54 bits per heavy atom. The number of nitrogens with zero attached hydrogens (tertiary/aromatic N) is 4. The lowest BCUT2D eigenvalue weighted by Gasteiger charge is -1.98. The van der Waals surface area contributed by atoms with E-state index in [-0.39, 0.29) is 0 Å². The molecule has 0 bridgehead atoms. The second-order valence-corrected chi connectivity index (χ2v) is 6.62. The first-order valence-electron chi connectivity index (χ1n) is 8.34. The van der Waals surface area contributed by atoms with E-state index in [9.17, 15) is 0 Å². The van der Waals surface area contributed by atoms with Gasteiger partial charge in [0.1, 0.15) is 0 Å². The lowest BCUT2D eigenvalue weighted by molar-refractivity contribution is 0.528. The lowest BCUT2D eigenvalue weighted by atomic mass is 10.1. The van der Waals surface area contributed by atoms with Crippen molar-refractivity contribution in [2.24, 2.45) is 0 Å². The molecule has 2 aromatic carbocycles. The first kappa shape index (κ1) is 16.5. The van der Waals surface area contributed by atoms with Gasteiger partial charge in [-0.3, -0.25) is 5.10 Å². The van der Waals surface area contributed by atoms with E-state index >= 15 is 0 Å². The second kappa shape index (κ2) is 7.53. The molecule has 0 aliphatic heterocycles. The Bertz CT molecular complexity index is 979. The maximum Gasteiger partial charge on any atom is 0.247 e. The van der Waals surface area contributed by atoms with Gasteiger partial charge in [-0.25, -0.2) is 4.98 Å². The predicted molar refractivity (Wildman–Crippen MR) is 100 cm³/mol. The maximum absolute atomic E-state index is 5.70. The molecule has 0 radical (unpaired) electrons. The fraction of sp³-hybridized carbons (Fsp3) is 0.158. The standard InChI is InChI=1S/C19H17N5OS/c1-2-13-8-10-14(11-9-13)17-20-19(24-22-17)26-12-16-21-23-18(25-16)15-6-4-3-5-7-15/h3-11H,2,12H2,1H3,(H,20,22,24). The van der Waals surface area contributed by atoms with Crippen LogP contribution in [-0.2, 0) is 12.2 Å². The van der Waals surface area contributed by atoms with Crippen LogP contribution in [0.5, 0.6) is 0 Å². The van der Waals surface area contributed by atoms with E-state index in [4.69, 9.17) is 4.42 Å². The van der Waals surface area contributed by atoms with Gasteiger partial charge in [-0.2, -0.15) is 0 Å². The van der Waals surface area contributed by atoms with Crippen molar-refractivity contribution in [3.8, 4) is 22.8 Å². The number of thioether (sulfide) groups is 1. The maximum atomic E-state index is 5.70. The molecule has 4 aromatic rings. The third-order valence-electron chi connectivity index (χ3n) is 3.91. The Balaban J connectivity index is 1.41. The van der Waals surface area contributed by atoms with E-state index in [1.54, 1.807) is 0 Å². The summed E-state index contributed by atoms with van der Waals surface area (Å²) in [6.07, 6.45) is 1.02. The third kappa shape index (κ3) is 3.67. The quantitative estimate of drug-likeness (QED) is 0.512. The average Bonchev–Trinajstić information content (AvgIpc) is 3.37. The molecule has 0 spiro atoms. The Labute approximate surface area is 155 Å². The molecule has 2 heterocycles. The normalized spacial score (nSPS) is 11.0. The molecule has 0 amide bonds. The molecule has 0 fully saturated rings. The smallest absolute Gasteiger partial charge is 0.247 e. The van der Waals surface area contributed by atoms with Gasteiger partial charge in [0.2, 0.25) is 16.9 Å². The fourth-order valence-electron chi connectivity index (χ4n) is 2.47. The minimum atomic E-state index is 0.520. The summed E-state index contributed by atoms with van der Waals surface area (Å²) in [5, 5.41) is 16.1. The molecule has 7 heteroatoms. The SMILES string of the molecule is CCc1ccc(-c2nc(SCc3nnc(-c4ccccc4)o3)n[nH]2)cc1. The van der Waals surface area contributed by atoms with E-state index in [2.05, 4.69) is 56.6 Å². The van der Waals surface area contributed by atoms with Crippen molar-refractivity contribution < 1.29 is 4.42 Å². The molecule has 0 atom stereocenters. The summed E-state index contributed by atoms with van der Waals surface area (Å²) >= 11 is 1.46. The number of benzene rings is 2. The van der Waals surface area contributed by atoms with Crippen molar-refractivity contribution in [1.82, 2.24) is 25.4 Å². The highest BCUT2D eigenvalue weighted by Gasteiger charge is 2.11. The van der Waals surface area contributed by atoms with Crippen molar-refractivity contribution in [3.05, 3.63) is 66.1 Å². The molecule has 2 aromatic heterocycles. The van der Waals surface area contributed by atoms with Crippen LogP contribution in [0.25, 0.3) is 22.8 Å². The third-order valence-corrected chi connectivity index (χ3v) is 4.74. The van der Waals surface area contributed by atoms with Gasteiger partial charge in [0.25, 0.3) is 0 Å². The fourth-order valence-corrected chi connectivity index (χ4v) is 3.11. The van der Waals surface area contributed by atoms with E-state index in [1.807, 2.05) is 30.3 Å². The van der Waals surface area contributed by atoms with E-state index in [0.29, 0.717) is 22.7 Å². The van der Waals surface area contributed by atoms with Crippen molar-refractivity contribution in [2.45, 2.75) is 24.3 Å². The Hall–Kier alpha value is -2.93. The molecule has 0 saturated carbocycles. The number of aromatic amines is 1. The van der Waals surface area contributed by atoms with E-state index < -0.39 is 0 Å². The Morgan fingerprint density at radius 1 is 0.962 bits per heavy atom. The van der Waals surface area contributed by atoms with Crippen LogP contribution in [0.3, 0.4) is 0 Å². The predicted octanol–water partition coefficient (Wildman–Crippen LogP) is 4.38. The van der Waals surface area contributed by atoms with Gasteiger partial charge < -0.3 is 4.42 Å². The zero-order valence-corrected chi connectivity index (χ0v) is 15.0. The number of aromatic nitrogens is 5. The van der Waals surface area contributed by atoms with Gasteiger partial charge in [0, 0.05) is 11.1 Å². The molecule has 0 unspecified atom stereocenters. The van der Waals surface area contributed by atoms with Crippen molar-refractivity contribution in [2.75, 3.05) is 0 Å². The summed E-state index contributed by atoms with van der Waals surface area (Å²) in [6, 6.07) is 18.0. The topological polar surface area (TPSA) is 80.5 Å². The van der Waals surface area contributed by atoms with Crippen LogP contribution in [0.2, 0.25) is 0 Å². The molecule has 1 N–H and O–H groups in total. The number of H-pyrrole nitrogens is 1. The van der Waals surface area contributed by atoms with Crippen LogP contribution in [-0.4, -0.2) is 25.4 Å². The van der Waals surface area contributed by atoms with Gasteiger partial charge in [0.15, 0.2) is 5.82 Å². The molecule has 0 aliphatic rings. The van der Waals surface area contributed by atoms with E-state index in [0.717, 1.165) is 23.4 Å². The van der Waals surface area contributed by atoms with E-state index in [1.165, 1.54) is 17.3 Å². The molecule has 4 rings (SSSR count). The van der Waals surface area contributed by atoms with Crippen LogP contribution in [0.4, 0.5) is 0 Å². The summed E-state index contributed by atoms with van der Waals surface area (Å²) in [6.45, 7) is 2.14. The van der Waals surface area contributed by atoms with Crippen LogP contribution in [0.1, 0.15) is 18.4 Å². The highest BCUT2D eigenvalue weighted by Crippen LogP contribution is 2.24. The lowest BCUT2D eigenvalue weighted by Crippen LogP contribution is -1.84. The summed E-state index contributed by atoms with van der Waals surface area (Å²) in [5.74, 6) is 2.34. The monoisotopic (exact) mass is 363 g/mol. The van der Waals surface area contributed by atoms with Crippen LogP contribution in [0, 0.1) is 0 Å². The molecular formula is C19H17N5OS. The summed E-state index contributed by atoms with van der Waals surface area (Å²) in [5.41, 5.74) is 3.23. The molecule has 130 valence electrons.